The first-order chi connectivity index (χ1) is 10.2. The van der Waals surface area contributed by atoms with Crippen molar-refractivity contribution in [2.75, 3.05) is 13.2 Å². The first-order valence-corrected chi connectivity index (χ1v) is 7.88. The Balaban J connectivity index is 1.71. The molecule has 4 nitrogen and oxygen atoms in total. The molecule has 1 aliphatic heterocycles. The van der Waals surface area contributed by atoms with E-state index in [-0.39, 0.29) is 23.4 Å². The van der Waals surface area contributed by atoms with Crippen LogP contribution in [0.25, 0.3) is 0 Å². The zero-order chi connectivity index (χ0) is 14.9. The molecular weight excluding hydrogens is 264 g/mol. The van der Waals surface area contributed by atoms with Gasteiger partial charge in [-0.25, -0.2) is 0 Å². The molecule has 2 aliphatic rings. The topological polar surface area (TPSA) is 64.4 Å². The number of hydrogen-bond donors (Lipinski definition) is 2. The average molecular weight is 288 g/mol. The Kier molecular flexibility index (Phi) is 4.00. The molecule has 0 unspecified atom stereocenters. The monoisotopic (exact) mass is 288 g/mol. The average Bonchev–Trinajstić information content (AvgIpc) is 2.84. The van der Waals surface area contributed by atoms with E-state index >= 15 is 0 Å². The van der Waals surface area contributed by atoms with Crippen LogP contribution in [-0.4, -0.2) is 25.2 Å². The minimum atomic E-state index is -0.271. The Morgan fingerprint density at radius 2 is 2.10 bits per heavy atom. The minimum Gasteiger partial charge on any atom is -0.381 e. The van der Waals surface area contributed by atoms with Gasteiger partial charge in [0.25, 0.3) is 0 Å². The lowest BCUT2D eigenvalue weighted by Crippen LogP contribution is -2.50. The van der Waals surface area contributed by atoms with E-state index in [1.54, 1.807) is 0 Å². The molecule has 1 aromatic rings. The molecule has 3 N–H and O–H groups in total. The SMILES string of the molecule is CCC1(C(=O)N[C@@H]2Cc3ccccc3[C@H]2N)CCOCC1. The summed E-state index contributed by atoms with van der Waals surface area (Å²) in [5, 5.41) is 3.22. The molecule has 3 rings (SSSR count). The molecule has 0 saturated carbocycles. The lowest BCUT2D eigenvalue weighted by Gasteiger charge is -2.36. The van der Waals surface area contributed by atoms with E-state index in [2.05, 4.69) is 24.4 Å². The van der Waals surface area contributed by atoms with Gasteiger partial charge >= 0.3 is 0 Å². The molecule has 0 radical (unpaired) electrons. The quantitative estimate of drug-likeness (QED) is 0.893. The van der Waals surface area contributed by atoms with Crippen molar-refractivity contribution >= 4 is 5.91 Å². The van der Waals surface area contributed by atoms with Crippen LogP contribution in [0.5, 0.6) is 0 Å². The van der Waals surface area contributed by atoms with Crippen LogP contribution in [0.4, 0.5) is 0 Å². The summed E-state index contributed by atoms with van der Waals surface area (Å²) in [6.07, 6.45) is 3.31. The van der Waals surface area contributed by atoms with Gasteiger partial charge in [-0.1, -0.05) is 31.2 Å². The molecule has 114 valence electrons. The molecular formula is C17H24N2O2. The van der Waals surface area contributed by atoms with Gasteiger partial charge in [0, 0.05) is 13.2 Å². The second kappa shape index (κ2) is 5.78. The van der Waals surface area contributed by atoms with Crippen molar-refractivity contribution in [1.29, 1.82) is 0 Å². The van der Waals surface area contributed by atoms with E-state index in [9.17, 15) is 4.79 Å². The first kappa shape index (κ1) is 14.5. The molecule has 1 heterocycles. The number of carbonyl (C=O) groups is 1. The summed E-state index contributed by atoms with van der Waals surface area (Å²) in [5.74, 6) is 0.154. The number of benzene rings is 1. The van der Waals surface area contributed by atoms with Gasteiger partial charge in [0.1, 0.15) is 0 Å². The fourth-order valence-corrected chi connectivity index (χ4v) is 3.59. The molecule has 1 amide bonds. The predicted molar refractivity (Wildman–Crippen MR) is 81.8 cm³/mol. The number of carbonyl (C=O) groups excluding carboxylic acids is 1. The van der Waals surface area contributed by atoms with Gasteiger partial charge in [-0.15, -0.1) is 0 Å². The third kappa shape index (κ3) is 2.58. The van der Waals surface area contributed by atoms with Crippen LogP contribution in [0.3, 0.4) is 0 Å². The molecule has 0 spiro atoms. The summed E-state index contributed by atoms with van der Waals surface area (Å²) in [6, 6.07) is 8.12. The van der Waals surface area contributed by atoms with Crippen molar-refractivity contribution in [3.8, 4) is 0 Å². The van der Waals surface area contributed by atoms with Crippen LogP contribution in [0.15, 0.2) is 24.3 Å². The molecule has 21 heavy (non-hydrogen) atoms. The summed E-state index contributed by atoms with van der Waals surface area (Å²) in [5.41, 5.74) is 8.47. The molecule has 1 aliphatic carbocycles. The molecule has 0 aromatic heterocycles. The van der Waals surface area contributed by atoms with Crippen molar-refractivity contribution in [3.05, 3.63) is 35.4 Å². The van der Waals surface area contributed by atoms with Crippen LogP contribution >= 0.6 is 0 Å². The van der Waals surface area contributed by atoms with Gasteiger partial charge in [-0.05, 0) is 36.8 Å². The Morgan fingerprint density at radius 3 is 2.76 bits per heavy atom. The first-order valence-electron chi connectivity index (χ1n) is 7.88. The number of nitrogens with one attached hydrogen (secondary N) is 1. The van der Waals surface area contributed by atoms with Crippen LogP contribution in [0.1, 0.15) is 43.4 Å². The molecule has 1 aromatic carbocycles. The number of ether oxygens (including phenoxy) is 1. The lowest BCUT2D eigenvalue weighted by atomic mass is 9.76. The predicted octanol–water partition coefficient (Wildman–Crippen LogP) is 1.93. The molecule has 1 saturated heterocycles. The van der Waals surface area contributed by atoms with E-state index in [0.29, 0.717) is 13.2 Å². The summed E-state index contributed by atoms with van der Waals surface area (Å²) < 4.78 is 5.41. The van der Waals surface area contributed by atoms with Gasteiger partial charge in [0.2, 0.25) is 5.91 Å². The zero-order valence-corrected chi connectivity index (χ0v) is 12.6. The highest BCUT2D eigenvalue weighted by molar-refractivity contribution is 5.83. The fourth-order valence-electron chi connectivity index (χ4n) is 3.59. The maximum absolute atomic E-state index is 12.8. The van der Waals surface area contributed by atoms with Crippen LogP contribution in [-0.2, 0) is 16.0 Å². The van der Waals surface area contributed by atoms with Gasteiger partial charge < -0.3 is 15.8 Å². The number of rotatable bonds is 3. The number of nitrogens with two attached hydrogens (primary N) is 1. The van der Waals surface area contributed by atoms with Gasteiger partial charge in [-0.2, -0.15) is 0 Å². The highest BCUT2D eigenvalue weighted by Crippen LogP contribution is 2.36. The van der Waals surface area contributed by atoms with Crippen molar-refractivity contribution < 1.29 is 9.53 Å². The fraction of sp³-hybridized carbons (Fsp3) is 0.588. The maximum Gasteiger partial charge on any atom is 0.226 e. The third-order valence-electron chi connectivity index (χ3n) is 5.21. The second-order valence-electron chi connectivity index (χ2n) is 6.25. The Hall–Kier alpha value is -1.39. The van der Waals surface area contributed by atoms with Gasteiger partial charge in [0.05, 0.1) is 17.5 Å². The summed E-state index contributed by atoms with van der Waals surface area (Å²) in [7, 11) is 0. The van der Waals surface area contributed by atoms with Gasteiger partial charge in [-0.3, -0.25) is 4.79 Å². The molecule has 4 heteroatoms. The standard InChI is InChI=1S/C17H24N2O2/c1-2-17(7-9-21-10-8-17)16(20)19-14-11-12-5-3-4-6-13(12)15(14)18/h3-6,14-15H,2,7-11,18H2,1H3,(H,19,20)/t14-,15-/m1/s1. The van der Waals surface area contributed by atoms with Crippen molar-refractivity contribution in [2.45, 2.75) is 44.7 Å². The third-order valence-corrected chi connectivity index (χ3v) is 5.21. The second-order valence-corrected chi connectivity index (χ2v) is 6.25. The van der Waals surface area contributed by atoms with Crippen molar-refractivity contribution in [1.82, 2.24) is 5.32 Å². The summed E-state index contributed by atoms with van der Waals surface area (Å²) >= 11 is 0. The smallest absolute Gasteiger partial charge is 0.226 e. The van der Waals surface area contributed by atoms with E-state index in [0.717, 1.165) is 25.7 Å². The lowest BCUT2D eigenvalue weighted by molar-refractivity contribution is -0.137. The van der Waals surface area contributed by atoms with Crippen LogP contribution in [0.2, 0.25) is 0 Å². The highest BCUT2D eigenvalue weighted by Gasteiger charge is 2.41. The van der Waals surface area contributed by atoms with Gasteiger partial charge in [0.15, 0.2) is 0 Å². The Morgan fingerprint density at radius 1 is 1.38 bits per heavy atom. The summed E-state index contributed by atoms with van der Waals surface area (Å²) in [6.45, 7) is 3.45. The summed E-state index contributed by atoms with van der Waals surface area (Å²) in [4.78, 5) is 12.8. The van der Waals surface area contributed by atoms with E-state index in [1.165, 1.54) is 11.1 Å². The molecule has 0 bridgehead atoms. The van der Waals surface area contributed by atoms with Crippen molar-refractivity contribution in [3.63, 3.8) is 0 Å². The van der Waals surface area contributed by atoms with Crippen LogP contribution < -0.4 is 11.1 Å². The maximum atomic E-state index is 12.8. The number of amides is 1. The van der Waals surface area contributed by atoms with Crippen LogP contribution in [0, 0.1) is 5.41 Å². The zero-order valence-electron chi connectivity index (χ0n) is 12.6. The number of hydrogen-bond acceptors (Lipinski definition) is 3. The molecule has 1 fully saturated rings. The van der Waals surface area contributed by atoms with Crippen molar-refractivity contribution in [2.24, 2.45) is 11.1 Å². The Labute approximate surface area is 126 Å². The van der Waals surface area contributed by atoms with E-state index in [1.807, 2.05) is 12.1 Å². The number of fused-ring (bicyclic) bond motifs is 1. The Bertz CT molecular complexity index is 523. The largest absolute Gasteiger partial charge is 0.381 e. The van der Waals surface area contributed by atoms with E-state index in [4.69, 9.17) is 10.5 Å². The molecule has 2 atom stereocenters. The minimum absolute atomic E-state index is 0.0150. The highest BCUT2D eigenvalue weighted by atomic mass is 16.5. The van der Waals surface area contributed by atoms with E-state index < -0.39 is 0 Å². The normalized spacial score (nSPS) is 27.1.